The van der Waals surface area contributed by atoms with Crippen LogP contribution < -0.4 is 0 Å². The Hall–Kier alpha value is -1.86. The maximum absolute atomic E-state index is 10.9. The fourth-order valence-corrected chi connectivity index (χ4v) is 2.11. The fourth-order valence-electron chi connectivity index (χ4n) is 1.52. The second-order valence-electron chi connectivity index (χ2n) is 3.45. The Morgan fingerprint density at radius 2 is 2.22 bits per heavy atom. The molecule has 0 aliphatic heterocycles. The number of aromatic nitrogens is 2. The number of nitrogens with one attached hydrogen (secondary N) is 1. The van der Waals surface area contributed by atoms with Crippen molar-refractivity contribution in [1.29, 1.82) is 0 Å². The summed E-state index contributed by atoms with van der Waals surface area (Å²) in [5.74, 6) is 0.532. The van der Waals surface area contributed by atoms with Crippen LogP contribution in [0.4, 0.5) is 5.69 Å². The van der Waals surface area contributed by atoms with Gasteiger partial charge in [-0.2, -0.15) is 0 Å². The summed E-state index contributed by atoms with van der Waals surface area (Å²) in [6.07, 6.45) is 1.56. The Bertz CT molecular complexity index is 556. The molecule has 1 aromatic heterocycles. The summed E-state index contributed by atoms with van der Waals surface area (Å²) in [6.45, 7) is 0.0617. The van der Waals surface area contributed by atoms with E-state index in [2.05, 4.69) is 9.97 Å². The average Bonchev–Trinajstić information content (AvgIpc) is 2.85. The van der Waals surface area contributed by atoms with Crippen molar-refractivity contribution >= 4 is 17.4 Å². The largest absolute Gasteiger partial charge is 0.396 e. The van der Waals surface area contributed by atoms with Crippen molar-refractivity contribution in [3.05, 3.63) is 40.6 Å². The SMILES string of the molecule is O=[N+]([O-])c1ccccc1-c1cnc(SCCO)[nH]1. The first-order valence-corrected chi connectivity index (χ1v) is 6.23. The van der Waals surface area contributed by atoms with Crippen molar-refractivity contribution in [3.63, 3.8) is 0 Å². The summed E-state index contributed by atoms with van der Waals surface area (Å²) in [4.78, 5) is 17.6. The van der Waals surface area contributed by atoms with E-state index in [9.17, 15) is 10.1 Å². The molecule has 18 heavy (non-hydrogen) atoms. The zero-order valence-electron chi connectivity index (χ0n) is 9.37. The van der Waals surface area contributed by atoms with Crippen molar-refractivity contribution < 1.29 is 10.0 Å². The van der Waals surface area contributed by atoms with Gasteiger partial charge in [0.15, 0.2) is 5.16 Å². The van der Waals surface area contributed by atoms with Gasteiger partial charge >= 0.3 is 0 Å². The standard InChI is InChI=1S/C11H11N3O3S/c15-5-6-18-11-12-7-9(13-11)8-3-1-2-4-10(8)14(16)17/h1-4,7,15H,5-6H2,(H,12,13). The van der Waals surface area contributed by atoms with Crippen LogP contribution in [0, 0.1) is 10.1 Å². The van der Waals surface area contributed by atoms with Gasteiger partial charge in [0.05, 0.1) is 29.0 Å². The molecule has 0 saturated heterocycles. The van der Waals surface area contributed by atoms with Gasteiger partial charge in [-0.1, -0.05) is 23.9 Å². The molecule has 2 rings (SSSR count). The molecule has 2 aromatic rings. The minimum absolute atomic E-state index is 0.0415. The van der Waals surface area contributed by atoms with Crippen molar-refractivity contribution in [3.8, 4) is 11.3 Å². The van der Waals surface area contributed by atoms with Crippen molar-refractivity contribution in [2.75, 3.05) is 12.4 Å². The van der Waals surface area contributed by atoms with E-state index in [0.29, 0.717) is 22.2 Å². The van der Waals surface area contributed by atoms with Crippen LogP contribution in [0.5, 0.6) is 0 Å². The number of hydrogen-bond acceptors (Lipinski definition) is 5. The first-order chi connectivity index (χ1) is 8.72. The maximum atomic E-state index is 10.9. The van der Waals surface area contributed by atoms with E-state index in [4.69, 9.17) is 5.11 Å². The molecule has 0 amide bonds. The van der Waals surface area contributed by atoms with Gasteiger partial charge in [0, 0.05) is 11.8 Å². The van der Waals surface area contributed by atoms with E-state index in [1.807, 2.05) is 0 Å². The number of rotatable bonds is 5. The van der Waals surface area contributed by atoms with Crippen LogP contribution in [0.1, 0.15) is 0 Å². The number of nitro benzene ring substituents is 1. The van der Waals surface area contributed by atoms with E-state index >= 15 is 0 Å². The van der Waals surface area contributed by atoms with Gasteiger partial charge in [-0.15, -0.1) is 0 Å². The van der Waals surface area contributed by atoms with Gasteiger partial charge in [-0.25, -0.2) is 4.98 Å². The minimum atomic E-state index is -0.420. The molecule has 0 aliphatic rings. The third-order valence-electron chi connectivity index (χ3n) is 2.27. The van der Waals surface area contributed by atoms with Gasteiger partial charge in [0.2, 0.25) is 0 Å². The van der Waals surface area contributed by atoms with Crippen molar-refractivity contribution in [2.24, 2.45) is 0 Å². The molecule has 1 aromatic carbocycles. The zero-order chi connectivity index (χ0) is 13.0. The summed E-state index contributed by atoms with van der Waals surface area (Å²) in [6, 6.07) is 6.49. The summed E-state index contributed by atoms with van der Waals surface area (Å²) < 4.78 is 0. The van der Waals surface area contributed by atoms with E-state index in [-0.39, 0.29) is 12.3 Å². The number of aliphatic hydroxyl groups is 1. The summed E-state index contributed by atoms with van der Waals surface area (Å²) in [7, 11) is 0. The summed E-state index contributed by atoms with van der Waals surface area (Å²) in [5, 5.41) is 20.3. The summed E-state index contributed by atoms with van der Waals surface area (Å²) in [5.41, 5.74) is 1.15. The predicted octanol–water partition coefficient (Wildman–Crippen LogP) is 2.07. The van der Waals surface area contributed by atoms with Crippen molar-refractivity contribution in [1.82, 2.24) is 9.97 Å². The van der Waals surface area contributed by atoms with E-state index in [1.54, 1.807) is 24.4 Å². The number of nitro groups is 1. The second kappa shape index (κ2) is 5.65. The zero-order valence-corrected chi connectivity index (χ0v) is 10.2. The summed E-state index contributed by atoms with van der Waals surface area (Å²) >= 11 is 1.36. The molecule has 0 radical (unpaired) electrons. The monoisotopic (exact) mass is 265 g/mol. The number of H-pyrrole nitrogens is 1. The third kappa shape index (κ3) is 2.69. The normalized spacial score (nSPS) is 10.5. The Morgan fingerprint density at radius 3 is 2.94 bits per heavy atom. The molecule has 0 atom stereocenters. The number of thioether (sulfide) groups is 1. The number of aromatic amines is 1. The average molecular weight is 265 g/mol. The topological polar surface area (TPSA) is 92.1 Å². The lowest BCUT2D eigenvalue weighted by Crippen LogP contribution is -1.91. The van der Waals surface area contributed by atoms with Gasteiger partial charge in [-0.3, -0.25) is 10.1 Å². The number of para-hydroxylation sites is 1. The molecule has 0 fully saturated rings. The molecule has 94 valence electrons. The number of nitrogens with zero attached hydrogens (tertiary/aromatic N) is 2. The Morgan fingerprint density at radius 1 is 1.44 bits per heavy atom. The van der Waals surface area contributed by atoms with Gasteiger partial charge in [-0.05, 0) is 6.07 Å². The van der Waals surface area contributed by atoms with Crippen LogP contribution in [0.15, 0.2) is 35.6 Å². The smallest absolute Gasteiger partial charge is 0.278 e. The molecular formula is C11H11N3O3S. The Kier molecular flexibility index (Phi) is 3.96. The van der Waals surface area contributed by atoms with Crippen LogP contribution in [0.2, 0.25) is 0 Å². The quantitative estimate of drug-likeness (QED) is 0.490. The van der Waals surface area contributed by atoms with Crippen molar-refractivity contribution in [2.45, 2.75) is 5.16 Å². The molecule has 0 saturated carbocycles. The lowest BCUT2D eigenvalue weighted by atomic mass is 10.1. The van der Waals surface area contributed by atoms with Crippen LogP contribution >= 0.6 is 11.8 Å². The number of benzene rings is 1. The number of imidazole rings is 1. The number of aliphatic hydroxyl groups excluding tert-OH is 1. The highest BCUT2D eigenvalue weighted by Crippen LogP contribution is 2.29. The molecule has 0 aliphatic carbocycles. The molecule has 0 unspecified atom stereocenters. The molecular weight excluding hydrogens is 254 g/mol. The molecule has 0 bridgehead atoms. The van der Waals surface area contributed by atoms with Crippen LogP contribution in [-0.4, -0.2) is 32.4 Å². The van der Waals surface area contributed by atoms with Crippen LogP contribution in [0.25, 0.3) is 11.3 Å². The number of hydrogen-bond donors (Lipinski definition) is 2. The first kappa shape index (κ1) is 12.6. The highest BCUT2D eigenvalue weighted by molar-refractivity contribution is 7.99. The Labute approximate surface area is 107 Å². The van der Waals surface area contributed by atoms with Gasteiger partial charge < -0.3 is 10.1 Å². The molecule has 0 spiro atoms. The first-order valence-electron chi connectivity index (χ1n) is 5.25. The fraction of sp³-hybridized carbons (Fsp3) is 0.182. The Balaban J connectivity index is 2.31. The molecule has 2 N–H and O–H groups in total. The van der Waals surface area contributed by atoms with Crippen LogP contribution in [0.3, 0.4) is 0 Å². The lowest BCUT2D eigenvalue weighted by Gasteiger charge is -1.99. The van der Waals surface area contributed by atoms with E-state index in [1.165, 1.54) is 17.8 Å². The van der Waals surface area contributed by atoms with Gasteiger partial charge in [0.1, 0.15) is 0 Å². The predicted molar refractivity (Wildman–Crippen MR) is 68.5 cm³/mol. The highest BCUT2D eigenvalue weighted by atomic mass is 32.2. The molecule has 7 heteroatoms. The second-order valence-corrected chi connectivity index (χ2v) is 4.53. The lowest BCUT2D eigenvalue weighted by molar-refractivity contribution is -0.384. The third-order valence-corrected chi connectivity index (χ3v) is 3.14. The minimum Gasteiger partial charge on any atom is -0.396 e. The molecule has 6 nitrogen and oxygen atoms in total. The highest BCUT2D eigenvalue weighted by Gasteiger charge is 2.15. The van der Waals surface area contributed by atoms with Crippen LogP contribution in [-0.2, 0) is 0 Å². The van der Waals surface area contributed by atoms with Gasteiger partial charge in [0.25, 0.3) is 5.69 Å². The van der Waals surface area contributed by atoms with E-state index in [0.717, 1.165) is 0 Å². The van der Waals surface area contributed by atoms with E-state index < -0.39 is 4.92 Å². The maximum Gasteiger partial charge on any atom is 0.278 e. The molecule has 1 heterocycles.